The van der Waals surface area contributed by atoms with E-state index in [1.54, 1.807) is 0 Å². The van der Waals surface area contributed by atoms with Crippen LogP contribution in [-0.4, -0.2) is 26.3 Å². The Morgan fingerprint density at radius 3 is 2.41 bits per heavy atom. The van der Waals surface area contributed by atoms with Crippen LogP contribution in [0.3, 0.4) is 0 Å². The number of amides is 1. The molecule has 0 radical (unpaired) electrons. The molecule has 1 N–H and O–H groups in total. The van der Waals surface area contributed by atoms with Crippen molar-refractivity contribution in [2.24, 2.45) is 0 Å². The maximum absolute atomic E-state index is 12.4. The Morgan fingerprint density at radius 1 is 1.18 bits per heavy atom. The highest BCUT2D eigenvalue weighted by atomic mass is 32.2. The van der Waals surface area contributed by atoms with Gasteiger partial charge in [-0.25, -0.2) is 8.42 Å². The van der Waals surface area contributed by atoms with Crippen LogP contribution >= 0.6 is 11.3 Å². The predicted molar refractivity (Wildman–Crippen MR) is 89.8 cm³/mol. The third kappa shape index (κ3) is 4.68. The van der Waals surface area contributed by atoms with Crippen molar-refractivity contribution in [3.05, 3.63) is 58.3 Å². The van der Waals surface area contributed by atoms with E-state index in [-0.39, 0.29) is 17.6 Å². The van der Waals surface area contributed by atoms with Gasteiger partial charge in [-0.3, -0.25) is 4.79 Å². The van der Waals surface area contributed by atoms with Gasteiger partial charge in [0.25, 0.3) is 0 Å². The lowest BCUT2D eigenvalue weighted by Gasteiger charge is -2.20. The lowest BCUT2D eigenvalue weighted by Crippen LogP contribution is -2.35. The van der Waals surface area contributed by atoms with Gasteiger partial charge in [0.05, 0.1) is 17.7 Å². The molecule has 22 heavy (non-hydrogen) atoms. The topological polar surface area (TPSA) is 63.2 Å². The van der Waals surface area contributed by atoms with Crippen LogP contribution in [0.2, 0.25) is 0 Å². The highest BCUT2D eigenvalue weighted by Crippen LogP contribution is 2.21. The van der Waals surface area contributed by atoms with E-state index in [4.69, 9.17) is 0 Å². The van der Waals surface area contributed by atoms with Crippen LogP contribution in [0.1, 0.15) is 30.0 Å². The summed E-state index contributed by atoms with van der Waals surface area (Å²) in [6, 6.07) is 10.5. The highest BCUT2D eigenvalue weighted by molar-refractivity contribution is 7.90. The lowest BCUT2D eigenvalue weighted by molar-refractivity contribution is -0.122. The van der Waals surface area contributed by atoms with Gasteiger partial charge in [0.15, 0.2) is 0 Å². The van der Waals surface area contributed by atoms with Gasteiger partial charge in [0.1, 0.15) is 9.84 Å². The number of carbonyl (C=O) groups is 1. The van der Waals surface area contributed by atoms with Gasteiger partial charge in [-0.1, -0.05) is 30.3 Å². The van der Waals surface area contributed by atoms with Crippen molar-refractivity contribution >= 4 is 27.1 Å². The molecule has 1 aromatic heterocycles. The van der Waals surface area contributed by atoms with Crippen molar-refractivity contribution in [1.82, 2.24) is 5.32 Å². The second-order valence-corrected chi connectivity index (χ2v) is 8.31. The van der Waals surface area contributed by atoms with Crippen molar-refractivity contribution in [3.63, 3.8) is 0 Å². The van der Waals surface area contributed by atoms with Crippen LogP contribution in [0.5, 0.6) is 0 Å². The summed E-state index contributed by atoms with van der Waals surface area (Å²) in [4.78, 5) is 12.4. The van der Waals surface area contributed by atoms with Crippen molar-refractivity contribution in [3.8, 4) is 0 Å². The fourth-order valence-corrected chi connectivity index (χ4v) is 3.81. The molecule has 6 heteroatoms. The third-order valence-electron chi connectivity index (χ3n) is 3.42. The zero-order chi connectivity index (χ0) is 16.2. The fourth-order valence-electron chi connectivity index (χ4n) is 2.18. The van der Waals surface area contributed by atoms with Crippen molar-refractivity contribution < 1.29 is 13.2 Å². The molecule has 0 bridgehead atoms. The molecular formula is C16H19NO3S2. The van der Waals surface area contributed by atoms with Crippen LogP contribution in [0.25, 0.3) is 0 Å². The second kappa shape index (κ2) is 7.07. The van der Waals surface area contributed by atoms with E-state index in [1.165, 1.54) is 17.6 Å². The van der Waals surface area contributed by atoms with Gasteiger partial charge >= 0.3 is 0 Å². The van der Waals surface area contributed by atoms with Crippen LogP contribution < -0.4 is 5.32 Å². The van der Waals surface area contributed by atoms with E-state index in [0.29, 0.717) is 0 Å². The molecule has 2 rings (SSSR count). The normalized spacial score (nSPS) is 14.3. The molecule has 0 fully saturated rings. The molecule has 2 atom stereocenters. The first-order valence-corrected chi connectivity index (χ1v) is 9.92. The molecule has 1 heterocycles. The quantitative estimate of drug-likeness (QED) is 0.881. The maximum Gasteiger partial charge on any atom is 0.227 e. The number of carbonyl (C=O) groups excluding carboxylic acids is 1. The van der Waals surface area contributed by atoms with Crippen molar-refractivity contribution in [1.29, 1.82) is 0 Å². The molecule has 2 aromatic rings. The molecule has 1 amide bonds. The first kappa shape index (κ1) is 16.7. The zero-order valence-electron chi connectivity index (χ0n) is 12.5. The van der Waals surface area contributed by atoms with Gasteiger partial charge in [-0.05, 0) is 34.9 Å². The van der Waals surface area contributed by atoms with Gasteiger partial charge in [-0.15, -0.1) is 0 Å². The molecule has 118 valence electrons. The van der Waals surface area contributed by atoms with Gasteiger partial charge in [0, 0.05) is 6.26 Å². The number of nitrogens with one attached hydrogen (secondary N) is 1. The molecule has 0 spiro atoms. The summed E-state index contributed by atoms with van der Waals surface area (Å²) < 4.78 is 23.3. The number of sulfone groups is 1. The van der Waals surface area contributed by atoms with Crippen LogP contribution in [0, 0.1) is 0 Å². The second-order valence-electron chi connectivity index (χ2n) is 5.34. The third-order valence-corrected chi connectivity index (χ3v) is 5.06. The maximum atomic E-state index is 12.4. The van der Waals surface area contributed by atoms with E-state index in [0.717, 1.165) is 11.1 Å². The molecule has 0 saturated carbocycles. The van der Waals surface area contributed by atoms with E-state index >= 15 is 0 Å². The standard InChI is InChI=1S/C16H19NO3S2/c1-12(14-8-9-21-10-14)16(18)17-15(11-22(2,19)20)13-6-4-3-5-7-13/h3-10,12,15H,11H2,1-2H3,(H,17,18)/t12-,15-/m0/s1. The monoisotopic (exact) mass is 337 g/mol. The molecule has 0 aliphatic carbocycles. The predicted octanol–water partition coefficient (Wildman–Crippen LogP) is 2.75. The summed E-state index contributed by atoms with van der Waals surface area (Å²) in [5, 5.41) is 6.71. The Labute approximate surface area is 135 Å². The largest absolute Gasteiger partial charge is 0.348 e. The molecule has 0 unspecified atom stereocenters. The Balaban J connectivity index is 2.18. The average Bonchev–Trinajstić information content (AvgIpc) is 2.99. The summed E-state index contributed by atoms with van der Waals surface area (Å²) in [7, 11) is -3.21. The number of hydrogen-bond donors (Lipinski definition) is 1. The Hall–Kier alpha value is -1.66. The van der Waals surface area contributed by atoms with Gasteiger partial charge in [0.2, 0.25) is 5.91 Å². The molecular weight excluding hydrogens is 318 g/mol. The average molecular weight is 337 g/mol. The van der Waals surface area contributed by atoms with E-state index in [9.17, 15) is 13.2 Å². The van der Waals surface area contributed by atoms with Crippen molar-refractivity contribution in [2.45, 2.75) is 18.9 Å². The van der Waals surface area contributed by atoms with E-state index < -0.39 is 15.9 Å². The van der Waals surface area contributed by atoms with Crippen LogP contribution in [0.4, 0.5) is 0 Å². The number of hydrogen-bond acceptors (Lipinski definition) is 4. The minimum Gasteiger partial charge on any atom is -0.348 e. The van der Waals surface area contributed by atoms with Gasteiger partial charge < -0.3 is 5.32 Å². The Bertz CT molecular complexity index is 709. The summed E-state index contributed by atoms with van der Waals surface area (Å²) in [6.07, 6.45) is 1.18. The lowest BCUT2D eigenvalue weighted by atomic mass is 10.0. The molecule has 4 nitrogen and oxygen atoms in total. The number of thiophene rings is 1. The number of benzene rings is 1. The van der Waals surface area contributed by atoms with Gasteiger partial charge in [-0.2, -0.15) is 11.3 Å². The number of rotatable bonds is 6. The minimum atomic E-state index is -3.21. The summed E-state index contributed by atoms with van der Waals surface area (Å²) >= 11 is 1.53. The molecule has 0 aliphatic heterocycles. The van der Waals surface area contributed by atoms with E-state index in [2.05, 4.69) is 5.32 Å². The molecule has 0 saturated heterocycles. The Kier molecular flexibility index (Phi) is 5.37. The highest BCUT2D eigenvalue weighted by Gasteiger charge is 2.23. The minimum absolute atomic E-state index is 0.112. The SMILES string of the molecule is C[C@H](C(=O)N[C@@H](CS(C)(=O)=O)c1ccccc1)c1ccsc1. The van der Waals surface area contributed by atoms with Crippen LogP contribution in [0.15, 0.2) is 47.2 Å². The summed E-state index contributed by atoms with van der Waals surface area (Å²) in [6.45, 7) is 1.82. The molecule has 0 aliphatic rings. The van der Waals surface area contributed by atoms with Crippen molar-refractivity contribution in [2.75, 3.05) is 12.0 Å². The Morgan fingerprint density at radius 2 is 1.86 bits per heavy atom. The molecule has 1 aromatic carbocycles. The van der Waals surface area contributed by atoms with Crippen LogP contribution in [-0.2, 0) is 14.6 Å². The summed E-state index contributed by atoms with van der Waals surface area (Å²) in [5.41, 5.74) is 1.73. The van der Waals surface area contributed by atoms with E-state index in [1.807, 2.05) is 54.1 Å². The first-order valence-electron chi connectivity index (χ1n) is 6.92. The fraction of sp³-hybridized carbons (Fsp3) is 0.312. The summed E-state index contributed by atoms with van der Waals surface area (Å²) in [5.74, 6) is -0.591. The zero-order valence-corrected chi connectivity index (χ0v) is 14.2. The first-order chi connectivity index (χ1) is 10.4. The smallest absolute Gasteiger partial charge is 0.227 e.